The van der Waals surface area contributed by atoms with E-state index in [1.807, 2.05) is 21.1 Å². The molecule has 0 radical (unpaired) electrons. The van der Waals surface area contributed by atoms with E-state index in [4.69, 9.17) is 33.2 Å². The predicted octanol–water partition coefficient (Wildman–Crippen LogP) is -0.292. The number of rotatable bonds is 17. The number of benzene rings is 1. The van der Waals surface area contributed by atoms with Gasteiger partial charge in [-0.15, -0.1) is 0 Å². The molecule has 1 heterocycles. The molecule has 0 aromatic heterocycles. The van der Waals surface area contributed by atoms with Gasteiger partial charge in [0.1, 0.15) is 50.6 Å². The van der Waals surface area contributed by atoms with E-state index in [1.165, 1.54) is 6.92 Å². The van der Waals surface area contributed by atoms with Gasteiger partial charge in [-0.25, -0.2) is 9.59 Å². The van der Waals surface area contributed by atoms with E-state index in [2.05, 4.69) is 16.0 Å². The first-order valence-corrected chi connectivity index (χ1v) is 16.1. The fraction of sp³-hybridized carbons (Fsp3) is 0.606. The van der Waals surface area contributed by atoms with Crippen LogP contribution in [0, 0.1) is 0 Å². The molecular formula is C33H49N4O14+. The molecule has 1 aromatic carbocycles. The molecule has 0 saturated carbocycles. The van der Waals surface area contributed by atoms with Crippen molar-refractivity contribution < 1.29 is 71.2 Å². The second-order valence-corrected chi connectivity index (χ2v) is 12.7. The SMILES string of the molecule is CC(=O)N[C@H]1[C@H](OC[C@H](NC(=O)OCc2ccccc2)C(=O)N[C@@H](C)C(=O)OCC[N+](C)(C)C)O[C@H](COC(C)=O)[C@@H](OC(C)=O)[C@@H]1OC(C)=O. The lowest BCUT2D eigenvalue weighted by Gasteiger charge is -2.45. The normalized spacial score (nSPS) is 21.1. The summed E-state index contributed by atoms with van der Waals surface area (Å²) in [4.78, 5) is 87.1. The summed E-state index contributed by atoms with van der Waals surface area (Å²) in [5.41, 5.74) is 0.668. The number of carbonyl (C=O) groups is 7. The molecule has 1 aliphatic heterocycles. The van der Waals surface area contributed by atoms with Crippen molar-refractivity contribution in [2.24, 2.45) is 0 Å². The summed E-state index contributed by atoms with van der Waals surface area (Å²) >= 11 is 0. The Balaban J connectivity index is 2.36. The molecule has 51 heavy (non-hydrogen) atoms. The van der Waals surface area contributed by atoms with Crippen molar-refractivity contribution in [2.75, 3.05) is 47.5 Å². The third kappa shape index (κ3) is 15.7. The molecule has 7 atom stereocenters. The first kappa shape index (κ1) is 42.4. The zero-order valence-corrected chi connectivity index (χ0v) is 30.1. The Morgan fingerprint density at radius 2 is 1.45 bits per heavy atom. The molecule has 0 spiro atoms. The van der Waals surface area contributed by atoms with E-state index in [1.54, 1.807) is 30.3 Å². The number of quaternary nitrogens is 1. The highest BCUT2D eigenvalue weighted by atomic mass is 16.7. The first-order valence-electron chi connectivity index (χ1n) is 16.1. The molecule has 0 unspecified atom stereocenters. The van der Waals surface area contributed by atoms with Crippen LogP contribution in [0.25, 0.3) is 0 Å². The summed E-state index contributed by atoms with van der Waals surface area (Å²) < 4.78 is 38.9. The van der Waals surface area contributed by atoms with Crippen molar-refractivity contribution in [1.29, 1.82) is 0 Å². The minimum Gasteiger partial charge on any atom is -0.463 e. The van der Waals surface area contributed by atoms with Crippen LogP contribution in [-0.4, -0.2) is 137 Å². The van der Waals surface area contributed by atoms with Gasteiger partial charge in [0.25, 0.3) is 0 Å². The van der Waals surface area contributed by atoms with Gasteiger partial charge in [0.05, 0.1) is 27.7 Å². The number of ether oxygens (including phenoxy) is 7. The Kier molecular flexibility index (Phi) is 16.7. The van der Waals surface area contributed by atoms with Crippen LogP contribution in [0.15, 0.2) is 30.3 Å². The second-order valence-electron chi connectivity index (χ2n) is 12.7. The summed E-state index contributed by atoms with van der Waals surface area (Å²) in [5, 5.41) is 7.42. The molecule has 3 amide bonds. The number of carbonyl (C=O) groups excluding carboxylic acids is 7. The van der Waals surface area contributed by atoms with E-state index in [-0.39, 0.29) is 13.2 Å². The molecule has 18 heteroatoms. The van der Waals surface area contributed by atoms with Gasteiger partial charge in [-0.3, -0.25) is 24.0 Å². The van der Waals surface area contributed by atoms with Crippen LogP contribution in [0.4, 0.5) is 4.79 Å². The van der Waals surface area contributed by atoms with Gasteiger partial charge in [0.2, 0.25) is 11.8 Å². The Morgan fingerprint density at radius 1 is 0.824 bits per heavy atom. The van der Waals surface area contributed by atoms with E-state index in [9.17, 15) is 33.6 Å². The number of likely N-dealkylation sites (N-methyl/N-ethyl adjacent to an activating group) is 1. The average Bonchev–Trinajstić information content (AvgIpc) is 3.02. The molecular weight excluding hydrogens is 676 g/mol. The smallest absolute Gasteiger partial charge is 0.408 e. The molecule has 18 nitrogen and oxygen atoms in total. The quantitative estimate of drug-likeness (QED) is 0.107. The van der Waals surface area contributed by atoms with Crippen molar-refractivity contribution >= 4 is 41.8 Å². The lowest BCUT2D eigenvalue weighted by molar-refractivity contribution is -0.870. The molecule has 0 bridgehead atoms. The topological polar surface area (TPSA) is 220 Å². The van der Waals surface area contributed by atoms with Gasteiger partial charge in [0.15, 0.2) is 18.5 Å². The fourth-order valence-electron chi connectivity index (χ4n) is 4.63. The highest BCUT2D eigenvalue weighted by molar-refractivity contribution is 5.89. The minimum atomic E-state index is -1.54. The maximum absolute atomic E-state index is 13.5. The molecule has 1 fully saturated rings. The van der Waals surface area contributed by atoms with Crippen molar-refractivity contribution in [1.82, 2.24) is 16.0 Å². The molecule has 1 saturated heterocycles. The van der Waals surface area contributed by atoms with Gasteiger partial charge in [0, 0.05) is 27.7 Å². The zero-order valence-electron chi connectivity index (χ0n) is 30.1. The Morgan fingerprint density at radius 3 is 2.02 bits per heavy atom. The summed E-state index contributed by atoms with van der Waals surface area (Å²) in [6, 6.07) is 4.73. The number of esters is 4. The van der Waals surface area contributed by atoms with E-state index < -0.39 is 97.7 Å². The standard InChI is InChI=1S/C33H48N4O14/c1-19(31(43)45-15-14-37(6,7)8)34-30(42)25(36-33(44)48-16-24-12-10-9-11-13-24)17-47-32-27(35-20(2)38)29(50-23(5)41)28(49-22(4)40)26(51-32)18-46-21(3)39/h9-13,19,25-29,32H,14-18H2,1-8H3,(H2-,34,35,36,38,42,44)/p+1/t19-,25-,26+,27+,28+,29+,32+/m0/s1. The van der Waals surface area contributed by atoms with Gasteiger partial charge >= 0.3 is 30.0 Å². The average molecular weight is 726 g/mol. The van der Waals surface area contributed by atoms with Gasteiger partial charge < -0.3 is 53.6 Å². The molecule has 2 rings (SSSR count). The number of amides is 3. The van der Waals surface area contributed by atoms with Crippen LogP contribution >= 0.6 is 0 Å². The van der Waals surface area contributed by atoms with Gasteiger partial charge in [-0.1, -0.05) is 30.3 Å². The first-order chi connectivity index (χ1) is 23.9. The lowest BCUT2D eigenvalue weighted by Crippen LogP contribution is -2.67. The van der Waals surface area contributed by atoms with Crippen LogP contribution in [-0.2, 0) is 68.5 Å². The van der Waals surface area contributed by atoms with E-state index >= 15 is 0 Å². The molecule has 1 aliphatic rings. The van der Waals surface area contributed by atoms with Crippen LogP contribution < -0.4 is 16.0 Å². The largest absolute Gasteiger partial charge is 0.463 e. The summed E-state index contributed by atoms with van der Waals surface area (Å²) in [6.07, 6.45) is -6.64. The summed E-state index contributed by atoms with van der Waals surface area (Å²) in [5.74, 6) is -4.54. The second kappa shape index (κ2) is 20.1. The number of nitrogens with one attached hydrogen (secondary N) is 3. The van der Waals surface area contributed by atoms with E-state index in [0.717, 1.165) is 27.7 Å². The summed E-state index contributed by atoms with van der Waals surface area (Å²) in [7, 11) is 5.76. The molecule has 0 aliphatic carbocycles. The van der Waals surface area contributed by atoms with Gasteiger partial charge in [-0.05, 0) is 12.5 Å². The predicted molar refractivity (Wildman–Crippen MR) is 175 cm³/mol. The van der Waals surface area contributed by atoms with Crippen LogP contribution in [0.5, 0.6) is 0 Å². The highest BCUT2D eigenvalue weighted by Crippen LogP contribution is 2.28. The van der Waals surface area contributed by atoms with Crippen molar-refractivity contribution in [3.8, 4) is 0 Å². The van der Waals surface area contributed by atoms with E-state index in [0.29, 0.717) is 16.6 Å². The number of nitrogens with zero attached hydrogens (tertiary/aromatic N) is 1. The maximum Gasteiger partial charge on any atom is 0.408 e. The molecule has 3 N–H and O–H groups in total. The van der Waals surface area contributed by atoms with Crippen LogP contribution in [0.1, 0.15) is 40.2 Å². The highest BCUT2D eigenvalue weighted by Gasteiger charge is 2.51. The number of alkyl carbamates (subject to hydrolysis) is 1. The van der Waals surface area contributed by atoms with Crippen LogP contribution in [0.2, 0.25) is 0 Å². The molecule has 1 aromatic rings. The lowest BCUT2D eigenvalue weighted by atomic mass is 9.96. The monoisotopic (exact) mass is 725 g/mol. The third-order valence-electron chi connectivity index (χ3n) is 7.04. The Hall–Kier alpha value is -4.81. The van der Waals surface area contributed by atoms with Crippen LogP contribution in [0.3, 0.4) is 0 Å². The van der Waals surface area contributed by atoms with Crippen molar-refractivity contribution in [3.05, 3.63) is 35.9 Å². The maximum atomic E-state index is 13.5. The van der Waals surface area contributed by atoms with Crippen molar-refractivity contribution in [2.45, 2.75) is 84.0 Å². The van der Waals surface area contributed by atoms with Gasteiger partial charge in [-0.2, -0.15) is 0 Å². The Labute approximate surface area is 296 Å². The zero-order chi connectivity index (χ0) is 38.3. The molecule has 284 valence electrons. The minimum absolute atomic E-state index is 0.0923. The fourth-order valence-corrected chi connectivity index (χ4v) is 4.63. The number of hydrogen-bond acceptors (Lipinski definition) is 14. The third-order valence-corrected chi connectivity index (χ3v) is 7.04. The van der Waals surface area contributed by atoms with Crippen molar-refractivity contribution in [3.63, 3.8) is 0 Å². The number of hydrogen-bond donors (Lipinski definition) is 3. The summed E-state index contributed by atoms with van der Waals surface area (Å²) in [6.45, 7) is 5.20. The Bertz CT molecular complexity index is 1370.